The highest BCUT2D eigenvalue weighted by Crippen LogP contribution is 2.26. The van der Waals surface area contributed by atoms with Crippen LogP contribution in [0, 0.1) is 13.8 Å². The lowest BCUT2D eigenvalue weighted by Crippen LogP contribution is -2.16. The third-order valence-electron chi connectivity index (χ3n) is 2.55. The summed E-state index contributed by atoms with van der Waals surface area (Å²) in [6, 6.07) is 3.37. The highest BCUT2D eigenvalue weighted by molar-refractivity contribution is 7.93. The summed E-state index contributed by atoms with van der Waals surface area (Å²) in [5, 5.41) is 2.05. The molecule has 19 heavy (non-hydrogen) atoms. The zero-order valence-corrected chi connectivity index (χ0v) is 12.1. The second-order valence-electron chi connectivity index (χ2n) is 4.03. The van der Waals surface area contributed by atoms with E-state index in [-0.39, 0.29) is 4.90 Å². The van der Waals surface area contributed by atoms with Crippen LogP contribution in [0.2, 0.25) is 0 Å². The molecule has 4 N–H and O–H groups in total. The largest absolute Gasteiger partial charge is 0.324 e. The molecule has 0 radical (unpaired) electrons. The zero-order chi connectivity index (χ0) is 14.0. The first-order chi connectivity index (χ1) is 8.94. The Morgan fingerprint density at radius 1 is 1.26 bits per heavy atom. The minimum absolute atomic E-state index is 0.252. The van der Waals surface area contributed by atoms with Crippen LogP contribution in [0.25, 0.3) is 0 Å². The molecule has 1 heterocycles. The first-order valence-corrected chi connectivity index (χ1v) is 7.80. The predicted octanol–water partition coefficient (Wildman–Crippen LogP) is 1.85. The molecule has 102 valence electrons. The molecule has 2 rings (SSSR count). The number of hydrazine groups is 1. The fourth-order valence-electron chi connectivity index (χ4n) is 1.90. The number of sulfonamides is 1. The molecular formula is C11H14N4O2S2. The van der Waals surface area contributed by atoms with Crippen molar-refractivity contribution < 1.29 is 8.42 Å². The minimum atomic E-state index is -3.64. The van der Waals surface area contributed by atoms with Crippen molar-refractivity contribution >= 4 is 32.2 Å². The monoisotopic (exact) mass is 298 g/mol. The van der Waals surface area contributed by atoms with Crippen LogP contribution in [0.3, 0.4) is 0 Å². The van der Waals surface area contributed by atoms with Gasteiger partial charge >= 0.3 is 0 Å². The fourth-order valence-corrected chi connectivity index (χ4v) is 4.14. The van der Waals surface area contributed by atoms with E-state index >= 15 is 0 Å². The Labute approximate surface area is 115 Å². The Hall–Kier alpha value is -1.64. The molecule has 0 bridgehead atoms. The maximum absolute atomic E-state index is 12.3. The minimum Gasteiger partial charge on any atom is -0.324 e. The number of nitrogens with one attached hydrogen (secondary N) is 2. The van der Waals surface area contributed by atoms with Gasteiger partial charge in [-0.25, -0.2) is 13.4 Å². The van der Waals surface area contributed by atoms with Crippen LogP contribution in [0.15, 0.2) is 28.6 Å². The summed E-state index contributed by atoms with van der Waals surface area (Å²) in [5.74, 6) is 5.33. The number of benzene rings is 1. The number of nitrogen functional groups attached to an aromatic ring is 1. The van der Waals surface area contributed by atoms with E-state index in [2.05, 4.69) is 15.1 Å². The quantitative estimate of drug-likeness (QED) is 0.591. The van der Waals surface area contributed by atoms with Crippen molar-refractivity contribution in [1.82, 2.24) is 4.98 Å². The maximum atomic E-state index is 12.3. The first-order valence-electron chi connectivity index (χ1n) is 5.44. The Morgan fingerprint density at radius 2 is 1.89 bits per heavy atom. The number of hydrogen-bond donors (Lipinski definition) is 3. The molecule has 0 fully saturated rings. The molecule has 0 unspecified atom stereocenters. The van der Waals surface area contributed by atoms with Crippen molar-refractivity contribution in [2.45, 2.75) is 18.7 Å². The van der Waals surface area contributed by atoms with Crippen LogP contribution in [0.4, 0.5) is 10.8 Å². The zero-order valence-electron chi connectivity index (χ0n) is 10.5. The topological polar surface area (TPSA) is 97.1 Å². The van der Waals surface area contributed by atoms with E-state index in [1.807, 2.05) is 0 Å². The van der Waals surface area contributed by atoms with Crippen molar-refractivity contribution in [2.24, 2.45) is 5.84 Å². The third-order valence-corrected chi connectivity index (χ3v) is 5.01. The number of anilines is 2. The van der Waals surface area contributed by atoms with Crippen molar-refractivity contribution in [2.75, 3.05) is 10.1 Å². The standard InChI is InChI=1S/C11H14N4O2S2/c1-7-5-9(14-12)6-8(2)10(7)19(16,17)15-11-13-3-4-18-11/h3-6,14H,12H2,1-2H3,(H,13,15). The first kappa shape index (κ1) is 13.8. The fraction of sp³-hybridized carbons (Fsp3) is 0.182. The average Bonchev–Trinajstić information content (AvgIpc) is 2.79. The van der Waals surface area contributed by atoms with Gasteiger partial charge in [0.2, 0.25) is 0 Å². The lowest BCUT2D eigenvalue weighted by atomic mass is 10.1. The Balaban J connectivity index is 2.46. The summed E-state index contributed by atoms with van der Waals surface area (Å²) in [7, 11) is -3.64. The normalized spacial score (nSPS) is 11.3. The molecule has 2 aromatic rings. The molecule has 0 amide bonds. The molecule has 0 aliphatic rings. The second-order valence-corrected chi connectivity index (χ2v) is 6.54. The van der Waals surface area contributed by atoms with Crippen LogP contribution in [0.1, 0.15) is 11.1 Å². The van der Waals surface area contributed by atoms with Crippen LogP contribution in [-0.4, -0.2) is 13.4 Å². The van der Waals surface area contributed by atoms with Gasteiger partial charge < -0.3 is 5.43 Å². The molecular weight excluding hydrogens is 284 g/mol. The van der Waals surface area contributed by atoms with E-state index in [0.717, 1.165) is 0 Å². The molecule has 0 aliphatic carbocycles. The number of rotatable bonds is 4. The lowest BCUT2D eigenvalue weighted by Gasteiger charge is -2.13. The SMILES string of the molecule is Cc1cc(NN)cc(C)c1S(=O)(=O)Nc1nccs1. The molecule has 0 atom stereocenters. The molecule has 0 saturated heterocycles. The van der Waals surface area contributed by atoms with E-state index in [9.17, 15) is 8.42 Å². The highest BCUT2D eigenvalue weighted by Gasteiger charge is 2.21. The lowest BCUT2D eigenvalue weighted by molar-refractivity contribution is 0.600. The smallest absolute Gasteiger partial charge is 0.264 e. The number of nitrogens with two attached hydrogens (primary N) is 1. The van der Waals surface area contributed by atoms with Gasteiger partial charge in [0.1, 0.15) is 0 Å². The molecule has 0 spiro atoms. The van der Waals surface area contributed by atoms with Gasteiger partial charge in [-0.3, -0.25) is 10.6 Å². The summed E-state index contributed by atoms with van der Waals surface area (Å²) >= 11 is 1.23. The summed E-state index contributed by atoms with van der Waals surface area (Å²) in [6.45, 7) is 3.45. The van der Waals surface area contributed by atoms with E-state index in [0.29, 0.717) is 21.9 Å². The van der Waals surface area contributed by atoms with Gasteiger partial charge in [0, 0.05) is 17.3 Å². The summed E-state index contributed by atoms with van der Waals surface area (Å²) in [4.78, 5) is 4.17. The van der Waals surface area contributed by atoms with Crippen molar-refractivity contribution in [3.05, 3.63) is 34.8 Å². The van der Waals surface area contributed by atoms with Crippen molar-refractivity contribution in [1.29, 1.82) is 0 Å². The number of hydrogen-bond acceptors (Lipinski definition) is 6. The summed E-state index contributed by atoms with van der Waals surface area (Å²) < 4.78 is 27.2. The van der Waals surface area contributed by atoms with Crippen molar-refractivity contribution in [3.63, 3.8) is 0 Å². The Kier molecular flexibility index (Phi) is 3.74. The van der Waals surface area contributed by atoms with Gasteiger partial charge in [-0.2, -0.15) is 0 Å². The number of nitrogens with zero attached hydrogens (tertiary/aromatic N) is 1. The van der Waals surface area contributed by atoms with Gasteiger partial charge in [-0.1, -0.05) is 0 Å². The molecule has 8 heteroatoms. The summed E-state index contributed by atoms with van der Waals surface area (Å²) in [6.07, 6.45) is 1.55. The molecule has 0 saturated carbocycles. The molecule has 1 aromatic carbocycles. The molecule has 6 nitrogen and oxygen atoms in total. The molecule has 0 aliphatic heterocycles. The van der Waals surface area contributed by atoms with Gasteiger partial charge in [-0.15, -0.1) is 11.3 Å². The maximum Gasteiger partial charge on any atom is 0.264 e. The average molecular weight is 298 g/mol. The van der Waals surface area contributed by atoms with Crippen molar-refractivity contribution in [3.8, 4) is 0 Å². The van der Waals surface area contributed by atoms with Gasteiger partial charge in [0.05, 0.1) is 4.90 Å². The van der Waals surface area contributed by atoms with Crippen LogP contribution in [-0.2, 0) is 10.0 Å². The van der Waals surface area contributed by atoms with Gasteiger partial charge in [0.25, 0.3) is 10.0 Å². The second kappa shape index (κ2) is 5.16. The number of aromatic nitrogens is 1. The summed E-state index contributed by atoms with van der Waals surface area (Å²) in [5.41, 5.74) is 4.42. The van der Waals surface area contributed by atoms with Crippen LogP contribution >= 0.6 is 11.3 Å². The van der Waals surface area contributed by atoms with E-state index in [1.54, 1.807) is 37.6 Å². The van der Waals surface area contributed by atoms with Gasteiger partial charge in [0.15, 0.2) is 5.13 Å². The molecule has 1 aromatic heterocycles. The third kappa shape index (κ3) is 2.86. The van der Waals surface area contributed by atoms with Crippen LogP contribution < -0.4 is 16.0 Å². The van der Waals surface area contributed by atoms with E-state index < -0.39 is 10.0 Å². The highest BCUT2D eigenvalue weighted by atomic mass is 32.2. The number of thiazole rings is 1. The van der Waals surface area contributed by atoms with Gasteiger partial charge in [-0.05, 0) is 37.1 Å². The predicted molar refractivity (Wildman–Crippen MR) is 76.6 cm³/mol. The Morgan fingerprint density at radius 3 is 2.37 bits per heavy atom. The van der Waals surface area contributed by atoms with E-state index in [4.69, 9.17) is 5.84 Å². The van der Waals surface area contributed by atoms with E-state index in [1.165, 1.54) is 11.3 Å². The van der Waals surface area contributed by atoms with Crippen LogP contribution in [0.5, 0.6) is 0 Å². The Bertz CT molecular complexity index is 658. The number of aryl methyl sites for hydroxylation is 2.